The van der Waals surface area contributed by atoms with Gasteiger partial charge in [-0.3, -0.25) is 0 Å². The molecule has 0 fully saturated rings. The van der Waals surface area contributed by atoms with Crippen molar-refractivity contribution in [3.8, 4) is 0 Å². The van der Waals surface area contributed by atoms with Crippen LogP contribution in [0.15, 0.2) is 17.6 Å². The van der Waals surface area contributed by atoms with Crippen LogP contribution in [0.3, 0.4) is 0 Å². The lowest BCUT2D eigenvalue weighted by atomic mass is 9.85. The average molecular weight is 229 g/mol. The minimum Gasteiger partial charge on any atom is -0.395 e. The van der Waals surface area contributed by atoms with Crippen molar-refractivity contribution in [1.29, 1.82) is 0 Å². The van der Waals surface area contributed by atoms with Crippen LogP contribution < -0.4 is 5.73 Å². The highest BCUT2D eigenvalue weighted by molar-refractivity contribution is 7.99. The van der Waals surface area contributed by atoms with E-state index in [9.17, 15) is 5.11 Å². The van der Waals surface area contributed by atoms with Crippen molar-refractivity contribution in [3.05, 3.63) is 12.4 Å². The Hall–Kier alpha value is -0.520. The average Bonchev–Trinajstić information content (AvgIpc) is 2.64. The van der Waals surface area contributed by atoms with E-state index in [0.29, 0.717) is 0 Å². The number of nitrogens with two attached hydrogens (primary N) is 1. The largest absolute Gasteiger partial charge is 0.395 e. The second-order valence-electron chi connectivity index (χ2n) is 4.63. The van der Waals surface area contributed by atoms with Crippen LogP contribution in [0.4, 0.5) is 0 Å². The van der Waals surface area contributed by atoms with Crippen LogP contribution >= 0.6 is 11.8 Å². The molecule has 1 rings (SSSR count). The smallest absolute Gasteiger partial charge is 0.165 e. The molecular weight excluding hydrogens is 210 g/mol. The summed E-state index contributed by atoms with van der Waals surface area (Å²) in [6.45, 7) is 6.28. The molecule has 1 heterocycles. The molecule has 0 aliphatic heterocycles. The van der Waals surface area contributed by atoms with Crippen molar-refractivity contribution in [1.82, 2.24) is 9.97 Å². The molecule has 0 aliphatic rings. The predicted molar refractivity (Wildman–Crippen MR) is 62.7 cm³/mol. The van der Waals surface area contributed by atoms with E-state index in [-0.39, 0.29) is 23.3 Å². The summed E-state index contributed by atoms with van der Waals surface area (Å²) in [6.07, 6.45) is 3.46. The van der Waals surface area contributed by atoms with E-state index >= 15 is 0 Å². The minimum absolute atomic E-state index is 0.0208. The van der Waals surface area contributed by atoms with Crippen molar-refractivity contribution >= 4 is 11.8 Å². The van der Waals surface area contributed by atoms with Crippen LogP contribution in [0.2, 0.25) is 0 Å². The molecule has 15 heavy (non-hydrogen) atoms. The Kier molecular flexibility index (Phi) is 4.19. The van der Waals surface area contributed by atoms with Crippen LogP contribution in [0.25, 0.3) is 0 Å². The van der Waals surface area contributed by atoms with E-state index in [4.69, 9.17) is 5.73 Å². The number of aliphatic hydroxyl groups is 1. The molecule has 0 spiro atoms. The van der Waals surface area contributed by atoms with Gasteiger partial charge in [0.15, 0.2) is 5.16 Å². The summed E-state index contributed by atoms with van der Waals surface area (Å²) in [4.78, 5) is 7.10. The van der Waals surface area contributed by atoms with Gasteiger partial charge in [0.25, 0.3) is 0 Å². The summed E-state index contributed by atoms with van der Waals surface area (Å²) in [7, 11) is 0. The molecule has 0 bridgehead atoms. The zero-order chi connectivity index (χ0) is 11.5. The van der Waals surface area contributed by atoms with Gasteiger partial charge in [-0.2, -0.15) is 0 Å². The number of hydrogen-bond donors (Lipinski definition) is 3. The van der Waals surface area contributed by atoms with Gasteiger partial charge in [0.05, 0.1) is 11.9 Å². The maximum atomic E-state index is 9.32. The summed E-state index contributed by atoms with van der Waals surface area (Å²) in [6, 6.07) is -0.0717. The lowest BCUT2D eigenvalue weighted by Crippen LogP contribution is -2.45. The van der Waals surface area contributed by atoms with Gasteiger partial charge in [0.1, 0.15) is 0 Å². The van der Waals surface area contributed by atoms with Crippen molar-refractivity contribution in [3.63, 3.8) is 0 Å². The number of thioether (sulfide) groups is 1. The Morgan fingerprint density at radius 3 is 2.67 bits per heavy atom. The molecule has 1 aromatic heterocycles. The number of aromatic nitrogens is 2. The monoisotopic (exact) mass is 229 g/mol. The summed E-state index contributed by atoms with van der Waals surface area (Å²) < 4.78 is 0. The van der Waals surface area contributed by atoms with E-state index in [0.717, 1.165) is 5.16 Å². The standard InChI is InChI=1S/C10H19N3OS/c1-10(2,3)8(11)7(6-14)15-9-12-4-5-13-9/h4-5,7-8,14H,6,11H2,1-3H3,(H,12,13). The van der Waals surface area contributed by atoms with Crippen molar-refractivity contribution in [2.45, 2.75) is 37.2 Å². The SMILES string of the molecule is CC(C)(C)C(N)C(CO)Sc1ncc[nH]1. The molecule has 1 aromatic rings. The molecule has 0 saturated heterocycles. The Morgan fingerprint density at radius 1 is 1.60 bits per heavy atom. The van der Waals surface area contributed by atoms with E-state index in [2.05, 4.69) is 30.7 Å². The normalized spacial score (nSPS) is 16.3. The Morgan fingerprint density at radius 2 is 2.27 bits per heavy atom. The quantitative estimate of drug-likeness (QED) is 0.679. The molecule has 0 aromatic carbocycles. The number of imidazole rings is 1. The number of nitrogens with one attached hydrogen (secondary N) is 1. The molecule has 0 saturated carbocycles. The van der Waals surface area contributed by atoms with Gasteiger partial charge in [0, 0.05) is 18.4 Å². The van der Waals surface area contributed by atoms with E-state index in [1.54, 1.807) is 12.4 Å². The molecule has 4 nitrogen and oxygen atoms in total. The molecule has 0 radical (unpaired) electrons. The van der Waals surface area contributed by atoms with Crippen LogP contribution in [0.5, 0.6) is 0 Å². The molecule has 2 unspecified atom stereocenters. The van der Waals surface area contributed by atoms with Gasteiger partial charge in [-0.25, -0.2) is 4.98 Å². The third-order valence-corrected chi connectivity index (χ3v) is 3.51. The molecule has 86 valence electrons. The van der Waals surface area contributed by atoms with Crippen LogP contribution in [0.1, 0.15) is 20.8 Å². The summed E-state index contributed by atoms with van der Waals surface area (Å²) in [5, 5.41) is 10.1. The first-order chi connectivity index (χ1) is 6.95. The van der Waals surface area contributed by atoms with Gasteiger partial charge in [-0.05, 0) is 5.41 Å². The molecule has 0 amide bonds. The topological polar surface area (TPSA) is 74.9 Å². The third-order valence-electron chi connectivity index (χ3n) is 2.32. The first kappa shape index (κ1) is 12.5. The number of aromatic amines is 1. The fraction of sp³-hybridized carbons (Fsp3) is 0.700. The first-order valence-corrected chi connectivity index (χ1v) is 5.85. The van der Waals surface area contributed by atoms with E-state index in [1.807, 2.05) is 0 Å². The maximum absolute atomic E-state index is 9.32. The first-order valence-electron chi connectivity index (χ1n) is 4.97. The third kappa shape index (κ3) is 3.52. The molecule has 5 heteroatoms. The Bertz CT molecular complexity index is 281. The fourth-order valence-electron chi connectivity index (χ4n) is 1.24. The van der Waals surface area contributed by atoms with Gasteiger partial charge in [-0.1, -0.05) is 32.5 Å². The zero-order valence-corrected chi connectivity index (χ0v) is 10.2. The Labute approximate surface area is 94.7 Å². The number of nitrogens with zero attached hydrogens (tertiary/aromatic N) is 1. The molecule has 0 aliphatic carbocycles. The predicted octanol–water partition coefficient (Wildman–Crippen LogP) is 1.24. The second-order valence-corrected chi connectivity index (χ2v) is 5.85. The number of hydrogen-bond acceptors (Lipinski definition) is 4. The molecule has 4 N–H and O–H groups in total. The van der Waals surface area contributed by atoms with Gasteiger partial charge in [0.2, 0.25) is 0 Å². The number of rotatable bonds is 4. The van der Waals surface area contributed by atoms with Gasteiger partial charge in [-0.15, -0.1) is 0 Å². The van der Waals surface area contributed by atoms with Crippen LogP contribution in [-0.4, -0.2) is 33.0 Å². The number of H-pyrrole nitrogens is 1. The summed E-state index contributed by atoms with van der Waals surface area (Å²) >= 11 is 1.49. The van der Waals surface area contributed by atoms with Crippen molar-refractivity contribution in [2.75, 3.05) is 6.61 Å². The van der Waals surface area contributed by atoms with E-state index in [1.165, 1.54) is 11.8 Å². The highest BCUT2D eigenvalue weighted by Crippen LogP contribution is 2.29. The maximum Gasteiger partial charge on any atom is 0.165 e. The second kappa shape index (κ2) is 5.01. The zero-order valence-electron chi connectivity index (χ0n) is 9.40. The van der Waals surface area contributed by atoms with E-state index < -0.39 is 0 Å². The number of aliphatic hydroxyl groups excluding tert-OH is 1. The van der Waals surface area contributed by atoms with Crippen molar-refractivity contribution < 1.29 is 5.11 Å². The molecular formula is C10H19N3OS. The van der Waals surface area contributed by atoms with Crippen molar-refractivity contribution in [2.24, 2.45) is 11.1 Å². The highest BCUT2D eigenvalue weighted by atomic mass is 32.2. The van der Waals surface area contributed by atoms with Crippen LogP contribution in [-0.2, 0) is 0 Å². The van der Waals surface area contributed by atoms with Gasteiger partial charge < -0.3 is 15.8 Å². The lowest BCUT2D eigenvalue weighted by molar-refractivity contribution is 0.233. The fourth-order valence-corrected chi connectivity index (χ4v) is 2.41. The Balaban J connectivity index is 2.64. The lowest BCUT2D eigenvalue weighted by Gasteiger charge is -2.32. The molecule has 2 atom stereocenters. The van der Waals surface area contributed by atoms with Gasteiger partial charge >= 0.3 is 0 Å². The summed E-state index contributed by atoms with van der Waals surface area (Å²) in [5.41, 5.74) is 6.08. The van der Waals surface area contributed by atoms with Crippen LogP contribution in [0, 0.1) is 5.41 Å². The highest BCUT2D eigenvalue weighted by Gasteiger charge is 2.29. The summed E-state index contributed by atoms with van der Waals surface area (Å²) in [5.74, 6) is 0. The minimum atomic E-state index is -0.0717.